The zero-order chi connectivity index (χ0) is 19.3. The molecule has 2 heterocycles. The number of benzene rings is 2. The highest BCUT2D eigenvalue weighted by molar-refractivity contribution is 5.90. The smallest absolute Gasteiger partial charge is 0.224 e. The summed E-state index contributed by atoms with van der Waals surface area (Å²) < 4.78 is 5.57. The van der Waals surface area contributed by atoms with E-state index in [4.69, 9.17) is 4.74 Å². The predicted molar refractivity (Wildman–Crippen MR) is 112 cm³/mol. The molecule has 1 aliphatic heterocycles. The molecule has 1 saturated heterocycles. The first-order chi connectivity index (χ1) is 13.7. The van der Waals surface area contributed by atoms with Crippen molar-refractivity contribution in [2.24, 2.45) is 0 Å². The molecular weight excluding hydrogens is 350 g/mol. The largest absolute Gasteiger partial charge is 0.378 e. The number of hydrogen-bond acceptors (Lipinski definition) is 3. The fraction of sp³-hybridized carbons (Fsp3) is 0.391. The van der Waals surface area contributed by atoms with Gasteiger partial charge in [0.1, 0.15) is 5.82 Å². The van der Waals surface area contributed by atoms with Crippen LogP contribution in [0.4, 0.5) is 5.69 Å². The first-order valence-electron chi connectivity index (χ1n) is 10.1. The lowest BCUT2D eigenvalue weighted by Gasteiger charge is -2.10. The molecule has 2 aromatic carbocycles. The van der Waals surface area contributed by atoms with Gasteiger partial charge >= 0.3 is 0 Å². The minimum atomic E-state index is 0.0563. The molecule has 0 saturated carbocycles. The highest BCUT2D eigenvalue weighted by Crippen LogP contribution is 2.18. The van der Waals surface area contributed by atoms with E-state index in [0.717, 1.165) is 61.3 Å². The van der Waals surface area contributed by atoms with E-state index < -0.39 is 0 Å². The number of imidazole rings is 1. The van der Waals surface area contributed by atoms with Gasteiger partial charge in [0.25, 0.3) is 0 Å². The predicted octanol–water partition coefficient (Wildman–Crippen LogP) is 4.55. The van der Waals surface area contributed by atoms with Gasteiger partial charge in [-0.25, -0.2) is 4.98 Å². The third-order valence-electron chi connectivity index (χ3n) is 5.29. The summed E-state index contributed by atoms with van der Waals surface area (Å²) >= 11 is 0. The maximum Gasteiger partial charge on any atom is 0.224 e. The molecule has 2 N–H and O–H groups in total. The lowest BCUT2D eigenvalue weighted by molar-refractivity contribution is -0.116. The van der Waals surface area contributed by atoms with Crippen LogP contribution in [0.15, 0.2) is 42.5 Å². The molecule has 5 heteroatoms. The quantitative estimate of drug-likeness (QED) is 0.634. The van der Waals surface area contributed by atoms with E-state index in [1.807, 2.05) is 12.1 Å². The van der Waals surface area contributed by atoms with Crippen LogP contribution in [0.25, 0.3) is 11.0 Å². The van der Waals surface area contributed by atoms with E-state index in [9.17, 15) is 4.79 Å². The van der Waals surface area contributed by atoms with Crippen LogP contribution in [0.5, 0.6) is 0 Å². The molecule has 0 bridgehead atoms. The van der Waals surface area contributed by atoms with Gasteiger partial charge in [0.15, 0.2) is 0 Å². The zero-order valence-electron chi connectivity index (χ0n) is 16.3. The second-order valence-electron chi connectivity index (χ2n) is 7.62. The van der Waals surface area contributed by atoms with Crippen LogP contribution in [0.2, 0.25) is 0 Å². The number of anilines is 1. The molecule has 1 atom stereocenters. The van der Waals surface area contributed by atoms with Gasteiger partial charge in [-0.1, -0.05) is 18.2 Å². The molecule has 3 aromatic rings. The van der Waals surface area contributed by atoms with Crippen molar-refractivity contribution in [2.75, 3.05) is 11.9 Å². The van der Waals surface area contributed by atoms with E-state index in [1.165, 1.54) is 11.1 Å². The summed E-state index contributed by atoms with van der Waals surface area (Å²) in [5, 5.41) is 2.98. The van der Waals surface area contributed by atoms with Crippen molar-refractivity contribution in [1.29, 1.82) is 0 Å². The Bertz CT molecular complexity index is 940. The summed E-state index contributed by atoms with van der Waals surface area (Å²) in [6.07, 6.45) is 5.54. The van der Waals surface area contributed by atoms with E-state index >= 15 is 0 Å². The Hall–Kier alpha value is -2.66. The Morgan fingerprint density at radius 1 is 1.21 bits per heavy atom. The van der Waals surface area contributed by atoms with Crippen molar-refractivity contribution in [3.05, 3.63) is 59.4 Å². The molecule has 5 nitrogen and oxygen atoms in total. The van der Waals surface area contributed by atoms with Gasteiger partial charge in [-0.15, -0.1) is 0 Å². The topological polar surface area (TPSA) is 67.0 Å². The maximum absolute atomic E-state index is 12.1. The van der Waals surface area contributed by atoms with Crippen LogP contribution in [0.3, 0.4) is 0 Å². The van der Waals surface area contributed by atoms with Crippen molar-refractivity contribution in [2.45, 2.75) is 51.6 Å². The van der Waals surface area contributed by atoms with Gasteiger partial charge in [0.2, 0.25) is 5.91 Å². The van der Waals surface area contributed by atoms with Crippen LogP contribution in [-0.2, 0) is 22.4 Å². The van der Waals surface area contributed by atoms with E-state index in [1.54, 1.807) is 0 Å². The van der Waals surface area contributed by atoms with Gasteiger partial charge in [-0.3, -0.25) is 4.79 Å². The van der Waals surface area contributed by atoms with Crippen LogP contribution >= 0.6 is 0 Å². The van der Waals surface area contributed by atoms with Crippen LogP contribution in [0, 0.1) is 6.92 Å². The summed E-state index contributed by atoms with van der Waals surface area (Å²) in [6.45, 7) is 2.92. The van der Waals surface area contributed by atoms with E-state index in [-0.39, 0.29) is 12.0 Å². The number of hydrogen-bond donors (Lipinski definition) is 2. The number of aromatic nitrogens is 2. The number of amides is 1. The zero-order valence-corrected chi connectivity index (χ0v) is 16.3. The molecule has 0 spiro atoms. The Morgan fingerprint density at radius 2 is 2.07 bits per heavy atom. The van der Waals surface area contributed by atoms with Gasteiger partial charge in [-0.2, -0.15) is 0 Å². The standard InChI is InChI=1S/C23H27N3O2/c1-16-4-11-20-21(15-16)26-22(25-20)12-7-17-5-8-18(9-6-17)24-23(27)13-10-19-3-2-14-28-19/h4-6,8-9,11,15,19H,2-3,7,10,12-14H2,1H3,(H,24,27)(H,25,26). The molecule has 146 valence electrons. The van der Waals surface area contributed by atoms with Crippen LogP contribution in [-0.4, -0.2) is 28.6 Å². The van der Waals surface area contributed by atoms with Gasteiger partial charge in [0, 0.05) is 25.1 Å². The highest BCUT2D eigenvalue weighted by Gasteiger charge is 2.16. The number of rotatable bonds is 7. The molecule has 1 aromatic heterocycles. The number of carbonyl (C=O) groups excluding carboxylic acids is 1. The molecule has 0 aliphatic carbocycles. The van der Waals surface area contributed by atoms with Crippen molar-refractivity contribution in [3.8, 4) is 0 Å². The SMILES string of the molecule is Cc1ccc2nc(CCc3ccc(NC(=O)CCC4CCCO4)cc3)[nH]c2c1. The molecular formula is C23H27N3O2. The third kappa shape index (κ3) is 4.78. The number of fused-ring (bicyclic) bond motifs is 1. The second kappa shape index (κ2) is 8.57. The Morgan fingerprint density at radius 3 is 2.86 bits per heavy atom. The number of H-pyrrole nitrogens is 1. The second-order valence-corrected chi connectivity index (χ2v) is 7.62. The number of carbonyl (C=O) groups is 1. The Balaban J connectivity index is 1.27. The van der Waals surface area contributed by atoms with Gasteiger partial charge < -0.3 is 15.0 Å². The minimum absolute atomic E-state index is 0.0563. The lowest BCUT2D eigenvalue weighted by Crippen LogP contribution is -2.15. The van der Waals surface area contributed by atoms with Crippen molar-refractivity contribution >= 4 is 22.6 Å². The number of aryl methyl sites for hydroxylation is 3. The lowest BCUT2D eigenvalue weighted by atomic mass is 10.1. The summed E-state index contributed by atoms with van der Waals surface area (Å²) in [6, 6.07) is 14.4. The number of nitrogens with zero attached hydrogens (tertiary/aromatic N) is 1. The first-order valence-corrected chi connectivity index (χ1v) is 10.1. The normalized spacial score (nSPS) is 16.5. The molecule has 1 aliphatic rings. The monoisotopic (exact) mass is 377 g/mol. The van der Waals surface area contributed by atoms with E-state index in [0.29, 0.717) is 6.42 Å². The fourth-order valence-electron chi connectivity index (χ4n) is 3.70. The number of aromatic amines is 1. The van der Waals surface area contributed by atoms with Crippen LogP contribution in [0.1, 0.15) is 42.6 Å². The fourth-order valence-corrected chi connectivity index (χ4v) is 3.70. The molecule has 1 unspecified atom stereocenters. The molecule has 1 amide bonds. The summed E-state index contributed by atoms with van der Waals surface area (Å²) in [4.78, 5) is 20.2. The number of ether oxygens (including phenoxy) is 1. The van der Waals surface area contributed by atoms with Gasteiger partial charge in [0.05, 0.1) is 17.1 Å². The van der Waals surface area contributed by atoms with Crippen molar-refractivity contribution in [1.82, 2.24) is 9.97 Å². The molecule has 0 radical (unpaired) electrons. The molecule has 28 heavy (non-hydrogen) atoms. The molecule has 1 fully saturated rings. The Labute approximate surface area is 165 Å². The average molecular weight is 377 g/mol. The summed E-state index contributed by atoms with van der Waals surface area (Å²) in [5.74, 6) is 1.06. The van der Waals surface area contributed by atoms with Crippen molar-refractivity contribution in [3.63, 3.8) is 0 Å². The van der Waals surface area contributed by atoms with Gasteiger partial charge in [-0.05, 0) is 68.0 Å². The Kier molecular flexibility index (Phi) is 5.72. The first kappa shape index (κ1) is 18.7. The van der Waals surface area contributed by atoms with E-state index in [2.05, 4.69) is 52.5 Å². The summed E-state index contributed by atoms with van der Waals surface area (Å²) in [5.41, 5.74) is 5.42. The highest BCUT2D eigenvalue weighted by atomic mass is 16.5. The maximum atomic E-state index is 12.1. The average Bonchev–Trinajstić information content (AvgIpc) is 3.35. The third-order valence-corrected chi connectivity index (χ3v) is 5.29. The summed E-state index contributed by atoms with van der Waals surface area (Å²) in [7, 11) is 0. The minimum Gasteiger partial charge on any atom is -0.378 e. The van der Waals surface area contributed by atoms with Crippen molar-refractivity contribution < 1.29 is 9.53 Å². The number of nitrogens with one attached hydrogen (secondary N) is 2. The molecule has 4 rings (SSSR count). The van der Waals surface area contributed by atoms with Crippen LogP contribution < -0.4 is 5.32 Å².